The molecule has 0 amide bonds. The molecular formula is C42H43N5O4. The number of aromatic nitrogens is 4. The lowest BCUT2D eigenvalue weighted by atomic mass is 9.98. The van der Waals surface area contributed by atoms with E-state index in [1.807, 2.05) is 134 Å². The molecule has 51 heavy (non-hydrogen) atoms. The normalized spacial score (nSPS) is 11.0. The van der Waals surface area contributed by atoms with Crippen LogP contribution in [0.4, 0.5) is 0 Å². The maximum atomic E-state index is 11.0. The number of aliphatic hydroxyl groups is 1. The number of hydrogen-bond donors (Lipinski definition) is 3. The topological polar surface area (TPSA) is 121 Å². The summed E-state index contributed by atoms with van der Waals surface area (Å²) in [6.07, 6.45) is 2.02. The maximum absolute atomic E-state index is 11.0. The van der Waals surface area contributed by atoms with E-state index in [2.05, 4.69) is 28.6 Å². The van der Waals surface area contributed by atoms with Crippen molar-refractivity contribution in [3.63, 3.8) is 0 Å². The van der Waals surface area contributed by atoms with Crippen molar-refractivity contribution >= 4 is 10.9 Å². The molecule has 260 valence electrons. The van der Waals surface area contributed by atoms with Crippen molar-refractivity contribution in [3.05, 3.63) is 156 Å². The fourth-order valence-electron chi connectivity index (χ4n) is 5.85. The lowest BCUT2D eigenvalue weighted by Gasteiger charge is -2.20. The first-order chi connectivity index (χ1) is 24.9. The summed E-state index contributed by atoms with van der Waals surface area (Å²) in [6, 6.07) is 41.4. The van der Waals surface area contributed by atoms with E-state index in [-0.39, 0.29) is 18.5 Å². The summed E-state index contributed by atoms with van der Waals surface area (Å²) >= 11 is 0. The van der Waals surface area contributed by atoms with E-state index in [0.717, 1.165) is 51.1 Å². The van der Waals surface area contributed by atoms with Gasteiger partial charge in [0.05, 0.1) is 17.9 Å². The molecule has 0 spiro atoms. The van der Waals surface area contributed by atoms with Gasteiger partial charge in [-0.25, -0.2) is 4.57 Å². The first-order valence-electron chi connectivity index (χ1n) is 17.1. The number of fused-ring (bicyclic) bond motifs is 1. The minimum absolute atomic E-state index is 0.140. The van der Waals surface area contributed by atoms with Crippen molar-refractivity contribution in [2.75, 3.05) is 6.54 Å². The van der Waals surface area contributed by atoms with E-state index in [1.54, 1.807) is 4.57 Å². The van der Waals surface area contributed by atoms with Gasteiger partial charge in [0.15, 0.2) is 5.82 Å². The average Bonchev–Trinajstić information content (AvgIpc) is 3.76. The standard InChI is InChI=1S/C35H35N5O3.C7H8O/c1-24(2)29-20-30(34-37-38-35(41)40(34)28-13-14-31-27(19-28)15-17-39(31)18-16-36)33(43-23-26-11-7-4-8-12-26)21-32(29)42-22-25-9-5-3-6-10-25;8-6-7-4-2-1-3-5-7/h3-15,17,19-21,24H,16,18,22-23,36H2,1-2H3,(H,38,41);1-5,8H,6H2. The van der Waals surface area contributed by atoms with Crippen molar-refractivity contribution in [3.8, 4) is 34.6 Å². The van der Waals surface area contributed by atoms with E-state index in [4.69, 9.17) is 20.3 Å². The van der Waals surface area contributed by atoms with Gasteiger partial charge in [-0.15, -0.1) is 5.10 Å². The lowest BCUT2D eigenvalue weighted by molar-refractivity contribution is 0.282. The van der Waals surface area contributed by atoms with E-state index in [9.17, 15) is 5.11 Å². The highest BCUT2D eigenvalue weighted by Crippen LogP contribution is 2.41. The minimum atomic E-state index is -0.208. The number of ether oxygens (including phenoxy) is 2. The van der Waals surface area contributed by atoms with E-state index < -0.39 is 0 Å². The average molecular weight is 682 g/mol. The molecule has 0 saturated heterocycles. The lowest BCUT2D eigenvalue weighted by Crippen LogP contribution is -2.08. The summed E-state index contributed by atoms with van der Waals surface area (Å²) in [4.78, 5) is 0. The largest absolute Gasteiger partial charge is 0.488 e. The van der Waals surface area contributed by atoms with Crippen LogP contribution in [-0.4, -0.2) is 36.1 Å². The Morgan fingerprint density at radius 3 is 1.88 bits per heavy atom. The molecule has 0 saturated carbocycles. The summed E-state index contributed by atoms with van der Waals surface area (Å²) in [6.45, 7) is 6.46. The van der Waals surface area contributed by atoms with Crippen LogP contribution in [-0.2, 0) is 26.4 Å². The van der Waals surface area contributed by atoms with Gasteiger partial charge >= 0.3 is 6.01 Å². The van der Waals surface area contributed by atoms with Gasteiger partial charge in [0.25, 0.3) is 0 Å². The van der Waals surface area contributed by atoms with Gasteiger partial charge < -0.3 is 30.0 Å². The van der Waals surface area contributed by atoms with Crippen LogP contribution in [0.15, 0.2) is 134 Å². The molecule has 9 heteroatoms. The summed E-state index contributed by atoms with van der Waals surface area (Å²) in [7, 11) is 0. The highest BCUT2D eigenvalue weighted by molar-refractivity contribution is 5.83. The predicted molar refractivity (Wildman–Crippen MR) is 201 cm³/mol. The number of rotatable bonds is 12. The first-order valence-corrected chi connectivity index (χ1v) is 17.1. The maximum Gasteiger partial charge on any atom is 0.319 e. The Morgan fingerprint density at radius 1 is 0.706 bits per heavy atom. The second kappa shape index (κ2) is 16.7. The van der Waals surface area contributed by atoms with Crippen molar-refractivity contribution in [1.29, 1.82) is 0 Å². The van der Waals surface area contributed by atoms with Gasteiger partial charge in [0.1, 0.15) is 24.7 Å². The number of nitrogens with zero attached hydrogens (tertiary/aromatic N) is 4. The Hall–Kier alpha value is -5.90. The summed E-state index contributed by atoms with van der Waals surface area (Å²) in [5, 5.41) is 29.0. The zero-order valence-corrected chi connectivity index (χ0v) is 28.9. The molecule has 4 N–H and O–H groups in total. The molecule has 7 rings (SSSR count). The van der Waals surface area contributed by atoms with Gasteiger partial charge in [0.2, 0.25) is 0 Å². The number of hydrogen-bond acceptors (Lipinski definition) is 7. The molecule has 2 aromatic heterocycles. The molecule has 0 radical (unpaired) electrons. The molecule has 0 aliphatic rings. The number of aromatic hydroxyl groups is 1. The van der Waals surface area contributed by atoms with Crippen LogP contribution in [0.25, 0.3) is 28.0 Å². The third-order valence-electron chi connectivity index (χ3n) is 8.50. The van der Waals surface area contributed by atoms with E-state index in [1.165, 1.54) is 0 Å². The fourth-order valence-corrected chi connectivity index (χ4v) is 5.85. The predicted octanol–water partition coefficient (Wildman–Crippen LogP) is 8.01. The minimum Gasteiger partial charge on any atom is -0.488 e. The van der Waals surface area contributed by atoms with Crippen molar-refractivity contribution < 1.29 is 19.7 Å². The van der Waals surface area contributed by atoms with Crippen LogP contribution < -0.4 is 15.2 Å². The molecule has 9 nitrogen and oxygen atoms in total. The molecular weight excluding hydrogens is 638 g/mol. The highest BCUT2D eigenvalue weighted by atomic mass is 16.5. The SMILES string of the molecule is CC(C)c1cc(-c2nnc(O)n2-c2ccc3c(ccn3CCN)c2)c(OCc2ccccc2)cc1OCc1ccccc1.OCc1ccccc1. The summed E-state index contributed by atoms with van der Waals surface area (Å²) in [5.74, 6) is 1.94. The molecule has 7 aromatic rings. The van der Waals surface area contributed by atoms with Crippen molar-refractivity contribution in [2.24, 2.45) is 5.73 Å². The second-order valence-electron chi connectivity index (χ2n) is 12.4. The summed E-state index contributed by atoms with van der Waals surface area (Å²) in [5.41, 5.74) is 12.4. The van der Waals surface area contributed by atoms with Crippen LogP contribution in [0, 0.1) is 0 Å². The number of benzene rings is 5. The molecule has 0 unspecified atom stereocenters. The number of aliphatic hydroxyl groups excluding tert-OH is 1. The smallest absolute Gasteiger partial charge is 0.319 e. The Balaban J connectivity index is 0.000000495. The van der Waals surface area contributed by atoms with E-state index >= 15 is 0 Å². The molecule has 0 atom stereocenters. The third-order valence-corrected chi connectivity index (χ3v) is 8.50. The molecule has 0 aliphatic heterocycles. The first kappa shape index (κ1) is 34.9. The van der Waals surface area contributed by atoms with Crippen LogP contribution in [0.5, 0.6) is 17.5 Å². The Labute approximate surface area is 298 Å². The zero-order valence-electron chi connectivity index (χ0n) is 28.9. The third kappa shape index (κ3) is 8.46. The van der Waals surface area contributed by atoms with Gasteiger partial charge in [-0.3, -0.25) is 0 Å². The van der Waals surface area contributed by atoms with Gasteiger partial charge in [-0.2, -0.15) is 0 Å². The molecule has 0 bridgehead atoms. The molecule has 0 aliphatic carbocycles. The molecule has 2 heterocycles. The Morgan fingerprint density at radius 2 is 1.31 bits per heavy atom. The highest BCUT2D eigenvalue weighted by Gasteiger charge is 2.23. The van der Waals surface area contributed by atoms with E-state index in [0.29, 0.717) is 36.9 Å². The summed E-state index contributed by atoms with van der Waals surface area (Å²) < 4.78 is 16.6. The molecule has 0 fully saturated rings. The van der Waals surface area contributed by atoms with Crippen LogP contribution in [0.2, 0.25) is 0 Å². The molecule has 5 aromatic carbocycles. The quantitative estimate of drug-likeness (QED) is 0.119. The Kier molecular flexibility index (Phi) is 11.4. The van der Waals surface area contributed by atoms with Crippen LogP contribution >= 0.6 is 0 Å². The van der Waals surface area contributed by atoms with Crippen molar-refractivity contribution in [2.45, 2.75) is 46.1 Å². The van der Waals surface area contributed by atoms with Gasteiger partial charge in [-0.05, 0) is 58.5 Å². The van der Waals surface area contributed by atoms with Crippen LogP contribution in [0.1, 0.15) is 42.0 Å². The van der Waals surface area contributed by atoms with Gasteiger partial charge in [-0.1, -0.05) is 110 Å². The zero-order chi connectivity index (χ0) is 35.6. The Bertz CT molecular complexity index is 2150. The van der Waals surface area contributed by atoms with Crippen LogP contribution in [0.3, 0.4) is 0 Å². The van der Waals surface area contributed by atoms with Crippen molar-refractivity contribution in [1.82, 2.24) is 19.3 Å². The fraction of sp³-hybridized carbons (Fsp3) is 0.190. The number of nitrogens with two attached hydrogens (primary N) is 1. The monoisotopic (exact) mass is 681 g/mol. The second-order valence-corrected chi connectivity index (χ2v) is 12.4. The van der Waals surface area contributed by atoms with Gasteiger partial charge in [0, 0.05) is 36.3 Å².